The van der Waals surface area contributed by atoms with Gasteiger partial charge in [0.15, 0.2) is 0 Å². The molecule has 1 fully saturated rings. The monoisotopic (exact) mass is 335 g/mol. The van der Waals surface area contributed by atoms with E-state index in [2.05, 4.69) is 9.88 Å². The Bertz CT molecular complexity index is 667. The van der Waals surface area contributed by atoms with Gasteiger partial charge in [-0.2, -0.15) is 0 Å². The molecule has 1 saturated heterocycles. The van der Waals surface area contributed by atoms with Gasteiger partial charge in [0.2, 0.25) is 0 Å². The molecule has 22 heavy (non-hydrogen) atoms. The van der Waals surface area contributed by atoms with Crippen molar-refractivity contribution in [1.82, 2.24) is 9.88 Å². The number of hydrogen-bond acceptors (Lipinski definition) is 4. The largest absolute Gasteiger partial charge is 0.356 e. The van der Waals surface area contributed by atoms with E-state index in [1.54, 1.807) is 11.1 Å². The molecule has 0 spiro atoms. The van der Waals surface area contributed by atoms with Crippen LogP contribution in [0.25, 0.3) is 0 Å². The lowest BCUT2D eigenvalue weighted by atomic mass is 10.2. The van der Waals surface area contributed by atoms with Gasteiger partial charge in [-0.05, 0) is 37.1 Å². The van der Waals surface area contributed by atoms with Crippen LogP contribution in [0.3, 0.4) is 0 Å². The number of halogens is 1. The Morgan fingerprint density at radius 1 is 1.36 bits per heavy atom. The number of pyridine rings is 1. The first-order valence-electron chi connectivity index (χ1n) is 7.35. The summed E-state index contributed by atoms with van der Waals surface area (Å²) in [5, 5.41) is 0. The lowest BCUT2D eigenvalue weighted by molar-refractivity contribution is 0.0786. The summed E-state index contributed by atoms with van der Waals surface area (Å²) in [6.07, 6.45) is 4.07. The molecule has 116 valence electrons. The summed E-state index contributed by atoms with van der Waals surface area (Å²) in [5.41, 5.74) is 0.676. The van der Waals surface area contributed by atoms with E-state index in [0.29, 0.717) is 12.1 Å². The maximum Gasteiger partial charge on any atom is 0.257 e. The number of hydrogen-bond donors (Lipinski definition) is 0. The highest BCUT2D eigenvalue weighted by molar-refractivity contribution is 7.16. The molecule has 0 aromatic carbocycles. The third-order valence-electron chi connectivity index (χ3n) is 3.79. The van der Waals surface area contributed by atoms with E-state index in [4.69, 9.17) is 11.6 Å². The van der Waals surface area contributed by atoms with E-state index in [-0.39, 0.29) is 5.91 Å². The molecule has 0 bridgehead atoms. The predicted molar refractivity (Wildman–Crippen MR) is 90.8 cm³/mol. The highest BCUT2D eigenvalue weighted by atomic mass is 35.5. The van der Waals surface area contributed by atoms with Gasteiger partial charge in [0.1, 0.15) is 5.82 Å². The van der Waals surface area contributed by atoms with E-state index < -0.39 is 0 Å². The highest BCUT2D eigenvalue weighted by Crippen LogP contribution is 2.25. The van der Waals surface area contributed by atoms with Gasteiger partial charge in [0.05, 0.1) is 16.4 Å². The van der Waals surface area contributed by atoms with Crippen molar-refractivity contribution in [3.05, 3.63) is 45.2 Å². The minimum absolute atomic E-state index is 0.000442. The van der Waals surface area contributed by atoms with Gasteiger partial charge in [-0.1, -0.05) is 11.6 Å². The molecule has 0 radical (unpaired) electrons. The van der Waals surface area contributed by atoms with Gasteiger partial charge in [-0.15, -0.1) is 11.3 Å². The summed E-state index contributed by atoms with van der Waals surface area (Å²) in [4.78, 5) is 22.2. The van der Waals surface area contributed by atoms with Crippen molar-refractivity contribution in [3.8, 4) is 0 Å². The van der Waals surface area contributed by atoms with E-state index in [9.17, 15) is 4.79 Å². The molecule has 0 saturated carbocycles. The average molecular weight is 336 g/mol. The second-order valence-electron chi connectivity index (χ2n) is 5.44. The Hall–Kier alpha value is -1.59. The minimum atomic E-state index is -0.000442. The van der Waals surface area contributed by atoms with E-state index >= 15 is 0 Å². The van der Waals surface area contributed by atoms with Crippen molar-refractivity contribution in [2.24, 2.45) is 0 Å². The highest BCUT2D eigenvalue weighted by Gasteiger charge is 2.22. The fourth-order valence-corrected chi connectivity index (χ4v) is 3.83. The maximum atomic E-state index is 12.8. The number of aromatic nitrogens is 1. The minimum Gasteiger partial charge on any atom is -0.356 e. The van der Waals surface area contributed by atoms with Crippen LogP contribution in [-0.2, 0) is 6.54 Å². The van der Waals surface area contributed by atoms with Crippen molar-refractivity contribution in [2.75, 3.05) is 25.0 Å². The van der Waals surface area contributed by atoms with E-state index in [1.165, 1.54) is 11.3 Å². The first kappa shape index (κ1) is 15.3. The van der Waals surface area contributed by atoms with Crippen LogP contribution in [0.2, 0.25) is 4.34 Å². The molecule has 1 aliphatic heterocycles. The number of nitrogens with zero attached hydrogens (tertiary/aromatic N) is 3. The molecular formula is C16H18ClN3OS. The molecule has 0 N–H and O–H groups in total. The van der Waals surface area contributed by atoms with Gasteiger partial charge in [-0.3, -0.25) is 4.79 Å². The Balaban J connectivity index is 1.79. The van der Waals surface area contributed by atoms with Crippen LogP contribution in [0.1, 0.15) is 28.1 Å². The average Bonchev–Trinajstić information content (AvgIpc) is 3.18. The Kier molecular flexibility index (Phi) is 4.64. The fraction of sp³-hybridized carbons (Fsp3) is 0.375. The summed E-state index contributed by atoms with van der Waals surface area (Å²) in [5.74, 6) is 0.806. The fourth-order valence-electron chi connectivity index (χ4n) is 2.69. The first-order valence-corrected chi connectivity index (χ1v) is 8.54. The second-order valence-corrected chi connectivity index (χ2v) is 7.24. The second kappa shape index (κ2) is 6.67. The number of thiophene rings is 1. The summed E-state index contributed by atoms with van der Waals surface area (Å²) in [6.45, 7) is 2.51. The number of anilines is 1. The molecule has 4 nitrogen and oxygen atoms in total. The molecule has 1 aliphatic rings. The van der Waals surface area contributed by atoms with Crippen molar-refractivity contribution in [2.45, 2.75) is 19.4 Å². The molecule has 3 rings (SSSR count). The first-order chi connectivity index (χ1) is 10.6. The molecule has 3 heterocycles. The molecule has 1 amide bonds. The molecule has 2 aromatic rings. The normalized spacial score (nSPS) is 14.4. The van der Waals surface area contributed by atoms with Gasteiger partial charge >= 0.3 is 0 Å². The SMILES string of the molecule is CN(Cc1ccc(Cl)s1)C(=O)c1cccnc1N1CCCC1. The standard InChI is InChI=1S/C16H18ClN3OS/c1-19(11-12-6-7-14(17)22-12)16(21)13-5-4-8-18-15(13)20-9-2-3-10-20/h4-8H,2-3,9-11H2,1H3. The zero-order chi connectivity index (χ0) is 15.5. The number of rotatable bonds is 4. The van der Waals surface area contributed by atoms with E-state index in [0.717, 1.165) is 41.0 Å². The van der Waals surface area contributed by atoms with Crippen molar-refractivity contribution in [3.63, 3.8) is 0 Å². The Morgan fingerprint density at radius 2 is 2.14 bits per heavy atom. The summed E-state index contributed by atoms with van der Waals surface area (Å²) < 4.78 is 0.745. The van der Waals surface area contributed by atoms with Crippen molar-refractivity contribution < 1.29 is 4.79 Å². The number of carbonyl (C=O) groups is 1. The predicted octanol–water partition coefficient (Wildman–Crippen LogP) is 3.67. The topological polar surface area (TPSA) is 36.4 Å². The molecule has 0 aliphatic carbocycles. The van der Waals surface area contributed by atoms with Crippen LogP contribution in [0, 0.1) is 0 Å². The third-order valence-corrected chi connectivity index (χ3v) is 5.01. The summed E-state index contributed by atoms with van der Waals surface area (Å²) in [7, 11) is 1.82. The zero-order valence-electron chi connectivity index (χ0n) is 12.5. The third kappa shape index (κ3) is 3.25. The zero-order valence-corrected chi connectivity index (χ0v) is 14.0. The van der Waals surface area contributed by atoms with Crippen LogP contribution < -0.4 is 4.90 Å². The summed E-state index contributed by atoms with van der Waals surface area (Å²) >= 11 is 7.45. The molecule has 6 heteroatoms. The molecule has 0 unspecified atom stereocenters. The number of amides is 1. The lowest BCUT2D eigenvalue weighted by Gasteiger charge is -2.22. The van der Waals surface area contributed by atoms with Crippen LogP contribution in [-0.4, -0.2) is 35.9 Å². The van der Waals surface area contributed by atoms with Gasteiger partial charge in [0.25, 0.3) is 5.91 Å². The molecule has 0 atom stereocenters. The Labute approximate surface area is 139 Å². The van der Waals surface area contributed by atoms with Gasteiger partial charge in [0, 0.05) is 31.2 Å². The van der Waals surface area contributed by atoms with Crippen molar-refractivity contribution >= 4 is 34.7 Å². The van der Waals surface area contributed by atoms with Gasteiger partial charge in [-0.25, -0.2) is 4.98 Å². The smallest absolute Gasteiger partial charge is 0.257 e. The quantitative estimate of drug-likeness (QED) is 0.855. The lowest BCUT2D eigenvalue weighted by Crippen LogP contribution is -2.29. The van der Waals surface area contributed by atoms with Crippen molar-refractivity contribution in [1.29, 1.82) is 0 Å². The van der Waals surface area contributed by atoms with Crippen LogP contribution in [0.4, 0.5) is 5.82 Å². The Morgan fingerprint density at radius 3 is 2.82 bits per heavy atom. The molecular weight excluding hydrogens is 318 g/mol. The summed E-state index contributed by atoms with van der Waals surface area (Å²) in [6, 6.07) is 7.50. The molecule has 2 aromatic heterocycles. The van der Waals surface area contributed by atoms with Crippen LogP contribution >= 0.6 is 22.9 Å². The van der Waals surface area contributed by atoms with E-state index in [1.807, 2.05) is 31.3 Å². The number of carbonyl (C=O) groups excluding carboxylic acids is 1. The van der Waals surface area contributed by atoms with Crippen LogP contribution in [0.5, 0.6) is 0 Å². The van der Waals surface area contributed by atoms with Crippen LogP contribution in [0.15, 0.2) is 30.5 Å². The van der Waals surface area contributed by atoms with Gasteiger partial charge < -0.3 is 9.80 Å². The maximum absolute atomic E-state index is 12.8.